The Kier molecular flexibility index (Phi) is 4.37. The Labute approximate surface area is 107 Å². The summed E-state index contributed by atoms with van der Waals surface area (Å²) in [4.78, 5) is 23.9. The van der Waals surface area contributed by atoms with Crippen LogP contribution in [-0.4, -0.2) is 54.9 Å². The topological polar surface area (TPSA) is 91.8 Å². The van der Waals surface area contributed by atoms with E-state index in [4.69, 9.17) is 5.11 Å². The van der Waals surface area contributed by atoms with Crippen LogP contribution in [0.4, 0.5) is 0 Å². The van der Waals surface area contributed by atoms with Crippen LogP contribution in [0.5, 0.6) is 0 Å². The quantitative estimate of drug-likeness (QED) is 0.737. The molecule has 18 heavy (non-hydrogen) atoms. The van der Waals surface area contributed by atoms with Crippen LogP contribution in [-0.2, 0) is 19.4 Å². The molecule has 0 unspecified atom stereocenters. The molecule has 0 spiro atoms. The fourth-order valence-electron chi connectivity index (χ4n) is 1.82. The van der Waals surface area contributed by atoms with Gasteiger partial charge in [0.15, 0.2) is 9.84 Å². The van der Waals surface area contributed by atoms with Crippen molar-refractivity contribution in [2.24, 2.45) is 11.8 Å². The lowest BCUT2D eigenvalue weighted by Crippen LogP contribution is -2.41. The van der Waals surface area contributed by atoms with Gasteiger partial charge in [0.05, 0.1) is 17.6 Å². The van der Waals surface area contributed by atoms with Crippen molar-refractivity contribution in [1.29, 1.82) is 0 Å². The molecule has 0 aromatic rings. The summed E-state index contributed by atoms with van der Waals surface area (Å²) in [5.74, 6) is -2.37. The Hall–Kier alpha value is -1.11. The molecule has 104 valence electrons. The molecule has 1 amide bonds. The lowest BCUT2D eigenvalue weighted by molar-refractivity contribution is -0.142. The fraction of sp³-hybridized carbons (Fsp3) is 0.818. The second-order valence-corrected chi connectivity index (χ2v) is 7.18. The number of carbonyl (C=O) groups excluding carboxylic acids is 1. The molecule has 7 heteroatoms. The minimum atomic E-state index is -3.14. The molecule has 1 rings (SSSR count). The van der Waals surface area contributed by atoms with Gasteiger partial charge in [-0.1, -0.05) is 6.92 Å². The van der Waals surface area contributed by atoms with E-state index < -0.39 is 33.7 Å². The van der Waals surface area contributed by atoms with Crippen molar-refractivity contribution in [3.05, 3.63) is 0 Å². The van der Waals surface area contributed by atoms with Gasteiger partial charge in [0, 0.05) is 18.8 Å². The molecular weight excluding hydrogens is 258 g/mol. The van der Waals surface area contributed by atoms with Crippen LogP contribution in [0.3, 0.4) is 0 Å². The summed E-state index contributed by atoms with van der Waals surface area (Å²) in [5, 5.41) is 8.75. The Balaban J connectivity index is 2.57. The highest BCUT2D eigenvalue weighted by Gasteiger charge is 2.49. The van der Waals surface area contributed by atoms with Crippen molar-refractivity contribution in [3.63, 3.8) is 0 Å². The number of nitrogens with zero attached hydrogens (tertiary/aromatic N) is 1. The van der Waals surface area contributed by atoms with Crippen LogP contribution in [0, 0.1) is 11.8 Å². The average molecular weight is 277 g/mol. The predicted molar refractivity (Wildman–Crippen MR) is 65.8 cm³/mol. The third kappa shape index (κ3) is 3.44. The zero-order chi connectivity index (χ0) is 14.1. The minimum absolute atomic E-state index is 0.0422. The van der Waals surface area contributed by atoms with E-state index >= 15 is 0 Å². The fourth-order valence-corrected chi connectivity index (χ4v) is 3.01. The Morgan fingerprint density at radius 2 is 1.94 bits per heavy atom. The molecule has 1 N–H and O–H groups in total. The van der Waals surface area contributed by atoms with Crippen molar-refractivity contribution in [3.8, 4) is 0 Å². The molecule has 6 nitrogen and oxygen atoms in total. The summed E-state index contributed by atoms with van der Waals surface area (Å²) >= 11 is 0. The number of aliphatic carboxylic acids is 1. The molecule has 0 saturated heterocycles. The summed E-state index contributed by atoms with van der Waals surface area (Å²) in [7, 11) is -1.62. The van der Waals surface area contributed by atoms with E-state index in [1.807, 2.05) is 0 Å². The number of hydrogen-bond acceptors (Lipinski definition) is 4. The van der Waals surface area contributed by atoms with Crippen molar-refractivity contribution in [2.75, 3.05) is 18.6 Å². The molecule has 0 aromatic heterocycles. The van der Waals surface area contributed by atoms with E-state index in [0.29, 0.717) is 6.42 Å². The van der Waals surface area contributed by atoms with Crippen LogP contribution < -0.4 is 0 Å². The van der Waals surface area contributed by atoms with Crippen molar-refractivity contribution < 1.29 is 23.1 Å². The molecule has 1 aliphatic rings. The third-order valence-corrected chi connectivity index (χ3v) is 5.24. The molecule has 0 aliphatic heterocycles. The first kappa shape index (κ1) is 14.9. The molecule has 0 aromatic carbocycles. The zero-order valence-electron chi connectivity index (χ0n) is 10.8. The minimum Gasteiger partial charge on any atom is -0.481 e. The van der Waals surface area contributed by atoms with Crippen LogP contribution in [0.1, 0.15) is 20.3 Å². The second-order valence-electron chi connectivity index (χ2n) is 4.78. The lowest BCUT2D eigenvalue weighted by atomic mass is 10.2. The summed E-state index contributed by atoms with van der Waals surface area (Å²) < 4.78 is 22.9. The van der Waals surface area contributed by atoms with Gasteiger partial charge in [-0.3, -0.25) is 9.59 Å². The van der Waals surface area contributed by atoms with Gasteiger partial charge in [-0.15, -0.1) is 0 Å². The summed E-state index contributed by atoms with van der Waals surface area (Å²) in [5.41, 5.74) is 0. The maximum atomic E-state index is 11.9. The first-order valence-electron chi connectivity index (χ1n) is 5.89. The van der Waals surface area contributed by atoms with Gasteiger partial charge in [-0.05, 0) is 13.3 Å². The number of amides is 1. The van der Waals surface area contributed by atoms with Crippen molar-refractivity contribution >= 4 is 21.7 Å². The maximum Gasteiger partial charge on any atom is 0.307 e. The summed E-state index contributed by atoms with van der Waals surface area (Å²) in [6.07, 6.45) is 0.353. The van der Waals surface area contributed by atoms with Crippen molar-refractivity contribution in [2.45, 2.75) is 26.3 Å². The monoisotopic (exact) mass is 277 g/mol. The van der Waals surface area contributed by atoms with Crippen LogP contribution in [0.25, 0.3) is 0 Å². The highest BCUT2D eigenvalue weighted by molar-refractivity contribution is 7.91. The number of hydrogen-bond donors (Lipinski definition) is 1. The van der Waals surface area contributed by atoms with E-state index in [-0.39, 0.29) is 17.4 Å². The van der Waals surface area contributed by atoms with Gasteiger partial charge < -0.3 is 10.0 Å². The standard InChI is InChI=1S/C11H19NO5S/c1-4-18(16,17)6-7(2)12(3)10(13)8-5-9(8)11(14)15/h7-9H,4-6H2,1-3H3,(H,14,15)/t7-,8+,9+/m0/s1. The molecule has 1 aliphatic carbocycles. The third-order valence-electron chi connectivity index (χ3n) is 3.37. The molecule has 0 bridgehead atoms. The van der Waals surface area contributed by atoms with E-state index in [1.54, 1.807) is 13.8 Å². The number of carboxylic acids is 1. The number of carboxylic acid groups (broad SMARTS) is 1. The SMILES string of the molecule is CCS(=O)(=O)C[C@H](C)N(C)C(=O)[C@@H]1C[C@H]1C(=O)O. The van der Waals surface area contributed by atoms with Crippen LogP contribution >= 0.6 is 0 Å². The Morgan fingerprint density at radius 1 is 1.39 bits per heavy atom. The van der Waals surface area contributed by atoms with Gasteiger partial charge in [0.25, 0.3) is 0 Å². The largest absolute Gasteiger partial charge is 0.481 e. The first-order chi connectivity index (χ1) is 8.19. The highest BCUT2D eigenvalue weighted by atomic mass is 32.2. The summed E-state index contributed by atoms with van der Waals surface area (Å²) in [6, 6.07) is -0.433. The number of rotatable bonds is 6. The second kappa shape index (κ2) is 5.26. The van der Waals surface area contributed by atoms with Gasteiger partial charge >= 0.3 is 5.97 Å². The smallest absolute Gasteiger partial charge is 0.307 e. The van der Waals surface area contributed by atoms with Gasteiger partial charge in [0.1, 0.15) is 0 Å². The first-order valence-corrected chi connectivity index (χ1v) is 7.71. The summed E-state index contributed by atoms with van der Waals surface area (Å²) in [6.45, 7) is 3.22. The Morgan fingerprint density at radius 3 is 2.33 bits per heavy atom. The highest BCUT2D eigenvalue weighted by Crippen LogP contribution is 2.40. The van der Waals surface area contributed by atoms with Gasteiger partial charge in [-0.25, -0.2) is 8.42 Å². The molecule has 0 radical (unpaired) electrons. The van der Waals surface area contributed by atoms with Crippen LogP contribution in [0.2, 0.25) is 0 Å². The van der Waals surface area contributed by atoms with E-state index in [2.05, 4.69) is 0 Å². The Bertz CT molecular complexity index is 444. The maximum absolute atomic E-state index is 11.9. The lowest BCUT2D eigenvalue weighted by Gasteiger charge is -2.24. The van der Waals surface area contributed by atoms with Gasteiger partial charge in [-0.2, -0.15) is 0 Å². The number of carbonyl (C=O) groups is 2. The zero-order valence-corrected chi connectivity index (χ0v) is 11.6. The molecule has 1 saturated carbocycles. The predicted octanol–water partition coefficient (Wildman–Crippen LogP) is -0.0113. The molecular formula is C11H19NO5S. The van der Waals surface area contributed by atoms with E-state index in [9.17, 15) is 18.0 Å². The van der Waals surface area contributed by atoms with E-state index in [0.717, 1.165) is 0 Å². The average Bonchev–Trinajstić information content (AvgIpc) is 3.06. The normalized spacial score (nSPS) is 24.4. The molecule has 1 fully saturated rings. The van der Waals surface area contributed by atoms with Gasteiger partial charge in [0.2, 0.25) is 5.91 Å². The molecule has 0 heterocycles. The molecule has 3 atom stereocenters. The van der Waals surface area contributed by atoms with E-state index in [1.165, 1.54) is 11.9 Å². The number of sulfone groups is 1. The van der Waals surface area contributed by atoms with Crippen molar-refractivity contribution in [1.82, 2.24) is 4.90 Å². The van der Waals surface area contributed by atoms with Crippen LogP contribution in [0.15, 0.2) is 0 Å².